The van der Waals surface area contributed by atoms with Gasteiger partial charge in [-0.25, -0.2) is 4.79 Å². The lowest BCUT2D eigenvalue weighted by Crippen LogP contribution is -2.32. The molecule has 3 aromatic rings. The van der Waals surface area contributed by atoms with E-state index in [-0.39, 0.29) is 6.03 Å². The van der Waals surface area contributed by atoms with Crippen molar-refractivity contribution in [2.24, 2.45) is 0 Å². The first-order valence-corrected chi connectivity index (χ1v) is 9.20. The van der Waals surface area contributed by atoms with E-state index in [0.717, 1.165) is 5.69 Å². The van der Waals surface area contributed by atoms with Crippen LogP contribution in [0.4, 0.5) is 27.8 Å². The van der Waals surface area contributed by atoms with Gasteiger partial charge in [-0.15, -0.1) is 10.2 Å². The lowest BCUT2D eigenvalue weighted by atomic mass is 10.2. The van der Waals surface area contributed by atoms with Gasteiger partial charge in [-0.3, -0.25) is 4.98 Å². The third-order valence-electron chi connectivity index (χ3n) is 3.99. The molecule has 10 heteroatoms. The minimum Gasteiger partial charge on any atom is -0.493 e. The third kappa shape index (κ3) is 5.71. The average Bonchev–Trinajstić information content (AvgIpc) is 2.78. The Kier molecular flexibility index (Phi) is 7.20. The number of anilines is 4. The summed E-state index contributed by atoms with van der Waals surface area (Å²) in [5, 5.41) is 19.9. The molecule has 0 radical (unpaired) electrons. The summed E-state index contributed by atoms with van der Waals surface area (Å²) in [6.07, 6.45) is 3.39. The van der Waals surface area contributed by atoms with Crippen LogP contribution in [0.2, 0.25) is 0 Å². The number of hydrogen-bond donors (Lipinski definition) is 4. The van der Waals surface area contributed by atoms with Crippen LogP contribution in [0, 0.1) is 0 Å². The van der Waals surface area contributed by atoms with Gasteiger partial charge in [0.05, 0.1) is 19.9 Å². The summed E-state index contributed by atoms with van der Waals surface area (Å²) in [6.45, 7) is 0.866. The lowest BCUT2D eigenvalue weighted by molar-refractivity contribution is 0.252. The standard InChI is InChI=1S/C20H23N7O3/c1-29-16-5-3-4-15(19(16)30-2)25-20(28)23-13-12-22-17-6-7-18(27-26-17)24-14-8-10-21-11-9-14/h3-11H,12-13H2,1-2H3,(H,22,26)(H,21,24,27)(H2,23,25,28). The summed E-state index contributed by atoms with van der Waals surface area (Å²) in [5.74, 6) is 2.23. The Labute approximate surface area is 174 Å². The molecular weight excluding hydrogens is 386 g/mol. The molecule has 0 saturated heterocycles. The van der Waals surface area contributed by atoms with Gasteiger partial charge in [-0.1, -0.05) is 6.07 Å². The van der Waals surface area contributed by atoms with Crippen molar-refractivity contribution < 1.29 is 14.3 Å². The van der Waals surface area contributed by atoms with E-state index in [1.807, 2.05) is 18.2 Å². The maximum Gasteiger partial charge on any atom is 0.319 e. The topological polar surface area (TPSA) is 122 Å². The van der Waals surface area contributed by atoms with E-state index >= 15 is 0 Å². The molecule has 0 atom stereocenters. The van der Waals surface area contributed by atoms with E-state index in [4.69, 9.17) is 9.47 Å². The van der Waals surface area contributed by atoms with Crippen LogP contribution in [0.25, 0.3) is 0 Å². The second-order valence-electron chi connectivity index (χ2n) is 6.01. The van der Waals surface area contributed by atoms with Crippen molar-refractivity contribution in [3.8, 4) is 11.5 Å². The Morgan fingerprint density at radius 2 is 1.70 bits per heavy atom. The molecule has 3 rings (SSSR count). The van der Waals surface area contributed by atoms with E-state index in [0.29, 0.717) is 41.9 Å². The van der Waals surface area contributed by atoms with Gasteiger partial charge < -0.3 is 30.7 Å². The molecule has 4 N–H and O–H groups in total. The molecule has 0 saturated carbocycles. The van der Waals surface area contributed by atoms with Gasteiger partial charge in [0.1, 0.15) is 5.82 Å². The normalized spacial score (nSPS) is 10.1. The molecule has 0 spiro atoms. The highest BCUT2D eigenvalue weighted by Crippen LogP contribution is 2.34. The Bertz CT molecular complexity index is 952. The maximum atomic E-state index is 12.1. The highest BCUT2D eigenvalue weighted by Gasteiger charge is 2.11. The molecule has 2 heterocycles. The van der Waals surface area contributed by atoms with E-state index in [9.17, 15) is 4.79 Å². The zero-order chi connectivity index (χ0) is 21.2. The van der Waals surface area contributed by atoms with Crippen molar-refractivity contribution in [3.05, 3.63) is 54.9 Å². The van der Waals surface area contributed by atoms with Crippen LogP contribution < -0.4 is 30.7 Å². The number of methoxy groups -OCH3 is 2. The van der Waals surface area contributed by atoms with Crippen molar-refractivity contribution in [3.63, 3.8) is 0 Å². The molecule has 0 aliphatic heterocycles. The number of nitrogens with one attached hydrogen (secondary N) is 4. The van der Waals surface area contributed by atoms with Gasteiger partial charge >= 0.3 is 6.03 Å². The number of amides is 2. The predicted octanol–water partition coefficient (Wildman–Crippen LogP) is 2.87. The zero-order valence-corrected chi connectivity index (χ0v) is 16.7. The SMILES string of the molecule is COc1cccc(NC(=O)NCCNc2ccc(Nc3ccncc3)nn2)c1OC. The number of ether oxygens (including phenoxy) is 2. The number of hydrogen-bond acceptors (Lipinski definition) is 8. The molecule has 0 aliphatic carbocycles. The largest absolute Gasteiger partial charge is 0.493 e. The predicted molar refractivity (Wildman–Crippen MR) is 115 cm³/mol. The fourth-order valence-electron chi connectivity index (χ4n) is 2.60. The molecule has 0 aliphatic rings. The number of benzene rings is 1. The molecule has 2 aromatic heterocycles. The van der Waals surface area contributed by atoms with E-state index in [1.54, 1.807) is 36.7 Å². The van der Waals surface area contributed by atoms with Crippen molar-refractivity contribution >= 4 is 29.0 Å². The quantitative estimate of drug-likeness (QED) is 0.398. The monoisotopic (exact) mass is 409 g/mol. The maximum absolute atomic E-state index is 12.1. The first-order chi connectivity index (χ1) is 14.7. The summed E-state index contributed by atoms with van der Waals surface area (Å²) in [7, 11) is 3.06. The molecule has 10 nitrogen and oxygen atoms in total. The fraction of sp³-hybridized carbons (Fsp3) is 0.200. The molecule has 1 aromatic carbocycles. The summed E-state index contributed by atoms with van der Waals surface area (Å²) < 4.78 is 10.5. The first-order valence-electron chi connectivity index (χ1n) is 9.20. The molecule has 0 unspecified atom stereocenters. The van der Waals surface area contributed by atoms with Crippen LogP contribution in [0.3, 0.4) is 0 Å². The van der Waals surface area contributed by atoms with Crippen molar-refractivity contribution in [1.29, 1.82) is 0 Å². The number of pyridine rings is 1. The van der Waals surface area contributed by atoms with Gasteiger partial charge in [0.2, 0.25) is 0 Å². The Morgan fingerprint density at radius 1 is 0.933 bits per heavy atom. The number of carbonyl (C=O) groups is 1. The number of para-hydroxylation sites is 1. The van der Waals surface area contributed by atoms with Gasteiger partial charge in [-0.2, -0.15) is 0 Å². The molecule has 30 heavy (non-hydrogen) atoms. The minimum atomic E-state index is -0.355. The van der Waals surface area contributed by atoms with Crippen molar-refractivity contribution in [2.75, 3.05) is 43.3 Å². The summed E-state index contributed by atoms with van der Waals surface area (Å²) in [6, 6.07) is 12.2. The van der Waals surface area contributed by atoms with Crippen LogP contribution in [0.5, 0.6) is 11.5 Å². The molecular formula is C20H23N7O3. The van der Waals surface area contributed by atoms with Gasteiger partial charge in [-0.05, 0) is 36.4 Å². The third-order valence-corrected chi connectivity index (χ3v) is 3.99. The van der Waals surface area contributed by atoms with Crippen LogP contribution in [-0.4, -0.2) is 48.5 Å². The molecule has 156 valence electrons. The summed E-state index contributed by atoms with van der Waals surface area (Å²) in [4.78, 5) is 16.1. The average molecular weight is 409 g/mol. The Hall–Kier alpha value is -4.08. The van der Waals surface area contributed by atoms with Gasteiger partial charge in [0.15, 0.2) is 17.3 Å². The smallest absolute Gasteiger partial charge is 0.319 e. The number of rotatable bonds is 9. The van der Waals surface area contributed by atoms with Gasteiger partial charge in [0, 0.05) is 31.2 Å². The second kappa shape index (κ2) is 10.5. The van der Waals surface area contributed by atoms with Crippen LogP contribution in [0.1, 0.15) is 0 Å². The highest BCUT2D eigenvalue weighted by atomic mass is 16.5. The first kappa shape index (κ1) is 20.6. The van der Waals surface area contributed by atoms with Crippen molar-refractivity contribution in [1.82, 2.24) is 20.5 Å². The molecule has 2 amide bonds. The second-order valence-corrected chi connectivity index (χ2v) is 6.01. The lowest BCUT2D eigenvalue weighted by Gasteiger charge is -2.14. The number of nitrogens with zero attached hydrogens (tertiary/aromatic N) is 3. The van der Waals surface area contributed by atoms with Crippen molar-refractivity contribution in [2.45, 2.75) is 0 Å². The van der Waals surface area contributed by atoms with Crippen LogP contribution >= 0.6 is 0 Å². The Morgan fingerprint density at radius 3 is 2.40 bits per heavy atom. The summed E-state index contributed by atoms with van der Waals surface area (Å²) in [5.41, 5.74) is 1.40. The minimum absolute atomic E-state index is 0.355. The molecule has 0 bridgehead atoms. The van der Waals surface area contributed by atoms with E-state index in [2.05, 4.69) is 36.4 Å². The van der Waals surface area contributed by atoms with Crippen LogP contribution in [0.15, 0.2) is 54.9 Å². The van der Waals surface area contributed by atoms with Gasteiger partial charge in [0.25, 0.3) is 0 Å². The number of aromatic nitrogens is 3. The van der Waals surface area contributed by atoms with E-state index in [1.165, 1.54) is 14.2 Å². The number of carbonyl (C=O) groups excluding carboxylic acids is 1. The Balaban J connectivity index is 1.42. The highest BCUT2D eigenvalue weighted by molar-refractivity contribution is 5.91. The van der Waals surface area contributed by atoms with E-state index < -0.39 is 0 Å². The van der Waals surface area contributed by atoms with Crippen LogP contribution in [-0.2, 0) is 0 Å². The zero-order valence-electron chi connectivity index (χ0n) is 16.7. The fourth-order valence-corrected chi connectivity index (χ4v) is 2.60. The molecule has 0 fully saturated rings. The summed E-state index contributed by atoms with van der Waals surface area (Å²) >= 11 is 0. The number of urea groups is 1.